The smallest absolute Gasteiger partial charge is 0.326 e. The van der Waals surface area contributed by atoms with Gasteiger partial charge in [-0.2, -0.15) is 0 Å². The number of fused-ring (bicyclic) bond motifs is 1. The quantitative estimate of drug-likeness (QED) is 0.744. The van der Waals surface area contributed by atoms with Crippen molar-refractivity contribution in [2.24, 2.45) is 0 Å². The maximum atomic E-state index is 13.2. The molecule has 0 aliphatic carbocycles. The highest BCUT2D eigenvalue weighted by Crippen LogP contribution is 2.12. The molecule has 1 heterocycles. The molecule has 0 bridgehead atoms. The highest BCUT2D eigenvalue weighted by atomic mass is 35.5. The number of hydrogen-bond acceptors (Lipinski definition) is 2. The molecule has 0 saturated carbocycles. The van der Waals surface area contributed by atoms with Crippen molar-refractivity contribution in [2.45, 2.75) is 13.0 Å². The minimum Gasteiger partial charge on any atom is -0.354 e. The average molecular weight is 348 g/mol. The first-order valence-electron chi connectivity index (χ1n) is 7.42. The van der Waals surface area contributed by atoms with Gasteiger partial charge >= 0.3 is 5.69 Å². The molecule has 3 rings (SSSR count). The van der Waals surface area contributed by atoms with Crippen molar-refractivity contribution < 1.29 is 9.18 Å². The largest absolute Gasteiger partial charge is 0.354 e. The molecule has 24 heavy (non-hydrogen) atoms. The van der Waals surface area contributed by atoms with E-state index in [1.165, 1.54) is 22.8 Å². The normalized spacial score (nSPS) is 10.9. The molecule has 1 amide bonds. The number of nitrogens with zero attached hydrogens (tertiary/aromatic N) is 1. The van der Waals surface area contributed by atoms with Crippen LogP contribution in [0.4, 0.5) is 4.39 Å². The maximum Gasteiger partial charge on any atom is 0.326 e. The molecule has 0 atom stereocenters. The minimum absolute atomic E-state index is 0.120. The fraction of sp³-hybridized carbons (Fsp3) is 0.176. The number of rotatable bonds is 5. The third-order valence-electron chi connectivity index (χ3n) is 3.69. The summed E-state index contributed by atoms with van der Waals surface area (Å²) in [5.41, 5.74) is 1.48. The monoisotopic (exact) mass is 347 g/mol. The first-order chi connectivity index (χ1) is 11.5. The molecular formula is C17H15ClFN3O2. The second-order valence-electron chi connectivity index (χ2n) is 5.40. The lowest BCUT2D eigenvalue weighted by Gasteiger charge is -2.06. The number of carbonyl (C=O) groups is 1. The number of imidazole rings is 1. The number of H-pyrrole nitrogens is 1. The van der Waals surface area contributed by atoms with Crippen LogP contribution < -0.4 is 11.0 Å². The Morgan fingerprint density at radius 1 is 1.21 bits per heavy atom. The lowest BCUT2D eigenvalue weighted by atomic mass is 10.1. The molecule has 1 aromatic heterocycles. The van der Waals surface area contributed by atoms with Gasteiger partial charge in [-0.3, -0.25) is 9.36 Å². The molecule has 0 aliphatic rings. The van der Waals surface area contributed by atoms with Gasteiger partial charge in [-0.1, -0.05) is 23.7 Å². The molecule has 5 nitrogen and oxygen atoms in total. The van der Waals surface area contributed by atoms with E-state index in [9.17, 15) is 14.0 Å². The fourth-order valence-corrected chi connectivity index (χ4v) is 2.62. The second kappa shape index (κ2) is 6.88. The number of hydrogen-bond donors (Lipinski definition) is 2. The lowest BCUT2D eigenvalue weighted by Crippen LogP contribution is -2.32. The third kappa shape index (κ3) is 3.65. The Kier molecular flexibility index (Phi) is 4.66. The van der Waals surface area contributed by atoms with E-state index in [4.69, 9.17) is 11.6 Å². The van der Waals surface area contributed by atoms with Gasteiger partial charge in [0.25, 0.3) is 0 Å². The van der Waals surface area contributed by atoms with Gasteiger partial charge in [-0.15, -0.1) is 0 Å². The summed E-state index contributed by atoms with van der Waals surface area (Å²) in [5.74, 6) is -0.723. The van der Waals surface area contributed by atoms with Crippen LogP contribution in [0, 0.1) is 5.82 Å². The van der Waals surface area contributed by atoms with Crippen molar-refractivity contribution in [3.05, 3.63) is 69.4 Å². The topological polar surface area (TPSA) is 66.9 Å². The molecule has 124 valence electrons. The summed E-state index contributed by atoms with van der Waals surface area (Å²) in [6.45, 7) is 0.331. The van der Waals surface area contributed by atoms with E-state index in [1.54, 1.807) is 12.1 Å². The highest BCUT2D eigenvalue weighted by Gasteiger charge is 2.11. The van der Waals surface area contributed by atoms with Crippen LogP contribution in [0.25, 0.3) is 11.0 Å². The number of carbonyl (C=O) groups excluding carboxylic acids is 1. The molecule has 0 aliphatic heterocycles. The van der Waals surface area contributed by atoms with Gasteiger partial charge in [-0.05, 0) is 42.3 Å². The van der Waals surface area contributed by atoms with Gasteiger partial charge in [-0.25, -0.2) is 9.18 Å². The van der Waals surface area contributed by atoms with E-state index in [0.717, 1.165) is 5.56 Å². The number of amides is 1. The molecule has 0 unspecified atom stereocenters. The van der Waals surface area contributed by atoms with Crippen LogP contribution in [0.2, 0.25) is 5.02 Å². The van der Waals surface area contributed by atoms with Crippen molar-refractivity contribution >= 4 is 28.5 Å². The number of aromatic nitrogens is 2. The van der Waals surface area contributed by atoms with E-state index in [1.807, 2.05) is 12.1 Å². The Labute approximate surface area is 142 Å². The van der Waals surface area contributed by atoms with Crippen LogP contribution in [0.1, 0.15) is 5.56 Å². The molecule has 2 aromatic carbocycles. The van der Waals surface area contributed by atoms with Crippen molar-refractivity contribution in [1.29, 1.82) is 0 Å². The highest BCUT2D eigenvalue weighted by molar-refractivity contribution is 6.30. The predicted molar refractivity (Wildman–Crippen MR) is 90.7 cm³/mol. The number of nitrogens with one attached hydrogen (secondary N) is 2. The molecule has 0 fully saturated rings. The fourth-order valence-electron chi connectivity index (χ4n) is 2.49. The van der Waals surface area contributed by atoms with Crippen LogP contribution in [-0.4, -0.2) is 22.0 Å². The summed E-state index contributed by atoms with van der Waals surface area (Å²) in [6, 6.07) is 11.3. The summed E-state index contributed by atoms with van der Waals surface area (Å²) in [5, 5.41) is 3.43. The van der Waals surface area contributed by atoms with Crippen LogP contribution in [0.3, 0.4) is 0 Å². The summed E-state index contributed by atoms with van der Waals surface area (Å²) in [6.07, 6.45) is 0.664. The van der Waals surface area contributed by atoms with Crippen LogP contribution in [0.15, 0.2) is 47.3 Å². The summed E-state index contributed by atoms with van der Waals surface area (Å²) >= 11 is 5.82. The Morgan fingerprint density at radius 3 is 2.71 bits per heavy atom. The van der Waals surface area contributed by atoms with E-state index in [0.29, 0.717) is 29.0 Å². The van der Waals surface area contributed by atoms with Gasteiger partial charge in [0.05, 0.1) is 11.0 Å². The Bertz CT molecular complexity index is 931. The number of aromatic amines is 1. The van der Waals surface area contributed by atoms with E-state index in [2.05, 4.69) is 10.3 Å². The van der Waals surface area contributed by atoms with Crippen LogP contribution in [-0.2, 0) is 17.8 Å². The van der Waals surface area contributed by atoms with Gasteiger partial charge in [0.1, 0.15) is 12.4 Å². The summed E-state index contributed by atoms with van der Waals surface area (Å²) in [4.78, 5) is 26.5. The standard InChI is InChI=1S/C17H15ClFN3O2/c18-12-3-1-11(2-4-12)7-8-20-16(23)10-22-15-6-5-13(19)9-14(15)21-17(22)24/h1-6,9H,7-8,10H2,(H,20,23)(H,21,24). The summed E-state index contributed by atoms with van der Waals surface area (Å²) < 4.78 is 14.5. The molecule has 3 aromatic rings. The van der Waals surface area contributed by atoms with Gasteiger partial charge in [0.2, 0.25) is 5.91 Å². The van der Waals surface area contributed by atoms with Gasteiger partial charge in [0, 0.05) is 11.6 Å². The maximum absolute atomic E-state index is 13.2. The Balaban J connectivity index is 1.62. The van der Waals surface area contributed by atoms with Crippen molar-refractivity contribution in [2.75, 3.05) is 6.54 Å². The zero-order valence-electron chi connectivity index (χ0n) is 12.7. The Hall–Kier alpha value is -2.60. The molecule has 2 N–H and O–H groups in total. The van der Waals surface area contributed by atoms with Crippen LogP contribution in [0.5, 0.6) is 0 Å². The molecule has 0 spiro atoms. The van der Waals surface area contributed by atoms with Crippen molar-refractivity contribution in [1.82, 2.24) is 14.9 Å². The van der Waals surface area contributed by atoms with Gasteiger partial charge < -0.3 is 10.3 Å². The third-order valence-corrected chi connectivity index (χ3v) is 3.94. The summed E-state index contributed by atoms with van der Waals surface area (Å²) in [7, 11) is 0. The Morgan fingerprint density at radius 2 is 1.96 bits per heavy atom. The van der Waals surface area contributed by atoms with E-state index >= 15 is 0 Å². The first-order valence-corrected chi connectivity index (χ1v) is 7.80. The average Bonchev–Trinajstić information content (AvgIpc) is 2.84. The van der Waals surface area contributed by atoms with Gasteiger partial charge in [0.15, 0.2) is 0 Å². The first kappa shape index (κ1) is 16.3. The van der Waals surface area contributed by atoms with E-state index in [-0.39, 0.29) is 12.5 Å². The molecular weight excluding hydrogens is 333 g/mol. The molecule has 0 radical (unpaired) electrons. The predicted octanol–water partition coefficient (Wildman–Crippen LogP) is 2.48. The zero-order valence-corrected chi connectivity index (χ0v) is 13.4. The molecule has 7 heteroatoms. The van der Waals surface area contributed by atoms with Crippen molar-refractivity contribution in [3.8, 4) is 0 Å². The SMILES string of the molecule is O=C(Cn1c(=O)[nH]c2cc(F)ccc21)NCCc1ccc(Cl)cc1. The zero-order chi connectivity index (χ0) is 17.1. The number of halogens is 2. The van der Waals surface area contributed by atoms with Crippen LogP contribution >= 0.6 is 11.6 Å². The lowest BCUT2D eigenvalue weighted by molar-refractivity contribution is -0.121. The number of benzene rings is 2. The second-order valence-corrected chi connectivity index (χ2v) is 5.84. The van der Waals surface area contributed by atoms with E-state index < -0.39 is 11.5 Å². The molecule has 0 saturated heterocycles. The minimum atomic E-state index is -0.441. The van der Waals surface area contributed by atoms with Crippen molar-refractivity contribution in [3.63, 3.8) is 0 Å².